The van der Waals surface area contributed by atoms with Gasteiger partial charge in [0, 0.05) is 38.2 Å². The Kier molecular flexibility index (Phi) is 6.59. The van der Waals surface area contributed by atoms with E-state index in [1.165, 1.54) is 26.3 Å². The van der Waals surface area contributed by atoms with Gasteiger partial charge in [-0.2, -0.15) is 0 Å². The fourth-order valence-corrected chi connectivity index (χ4v) is 4.38. The first-order valence-corrected chi connectivity index (χ1v) is 11.2. The summed E-state index contributed by atoms with van der Waals surface area (Å²) in [6.45, 7) is 2.12. The Bertz CT molecular complexity index is 901. The number of ether oxygens (including phenoxy) is 1. The highest BCUT2D eigenvalue weighted by atomic mass is 32.2. The molecule has 1 aromatic rings. The third-order valence-corrected chi connectivity index (χ3v) is 6.96. The topological polar surface area (TPSA) is 96.0 Å². The number of piperazine rings is 1. The molecule has 9 heteroatoms. The first kappa shape index (κ1) is 21.3. The quantitative estimate of drug-likeness (QED) is 0.694. The van der Waals surface area contributed by atoms with Crippen LogP contribution in [0.5, 0.6) is 5.75 Å². The Morgan fingerprint density at radius 3 is 2.34 bits per heavy atom. The van der Waals surface area contributed by atoms with E-state index in [0.717, 1.165) is 19.3 Å². The molecule has 0 radical (unpaired) electrons. The number of amides is 2. The third kappa shape index (κ3) is 4.79. The lowest BCUT2D eigenvalue weighted by Gasteiger charge is -2.37. The molecule has 1 aliphatic carbocycles. The van der Waals surface area contributed by atoms with E-state index in [4.69, 9.17) is 4.74 Å². The van der Waals surface area contributed by atoms with Crippen LogP contribution in [0.2, 0.25) is 0 Å². The number of nitrogens with zero attached hydrogens (tertiary/aromatic N) is 2. The molecule has 0 unspecified atom stereocenters. The molecule has 2 fully saturated rings. The maximum absolute atomic E-state index is 12.5. The van der Waals surface area contributed by atoms with Crippen LogP contribution in [0.25, 0.3) is 6.08 Å². The van der Waals surface area contributed by atoms with Gasteiger partial charge in [-0.05, 0) is 43.7 Å². The summed E-state index contributed by atoms with van der Waals surface area (Å²) in [6.07, 6.45) is 6.10. The molecule has 0 atom stereocenters. The number of hydrogen-bond donors (Lipinski definition) is 1. The summed E-state index contributed by atoms with van der Waals surface area (Å²) in [5.74, 6) is 0.468. The molecular formula is C20H27N3O5S. The molecule has 1 aliphatic heterocycles. The number of carbonyl (C=O) groups is 2. The van der Waals surface area contributed by atoms with Gasteiger partial charge in [0.2, 0.25) is 21.8 Å². The van der Waals surface area contributed by atoms with Crippen molar-refractivity contribution in [3.8, 4) is 5.75 Å². The smallest absolute Gasteiger partial charge is 0.246 e. The van der Waals surface area contributed by atoms with Crippen LogP contribution in [0.4, 0.5) is 0 Å². The number of benzene rings is 1. The van der Waals surface area contributed by atoms with Gasteiger partial charge in [0.1, 0.15) is 10.6 Å². The molecule has 1 saturated heterocycles. The van der Waals surface area contributed by atoms with Crippen LogP contribution in [0.3, 0.4) is 0 Å². The molecule has 8 nitrogen and oxygen atoms in total. The van der Waals surface area contributed by atoms with Crippen molar-refractivity contribution in [1.82, 2.24) is 14.5 Å². The molecule has 29 heavy (non-hydrogen) atoms. The van der Waals surface area contributed by atoms with Crippen molar-refractivity contribution in [3.63, 3.8) is 0 Å². The summed E-state index contributed by atoms with van der Waals surface area (Å²) in [5.41, 5.74) is 0.576. The summed E-state index contributed by atoms with van der Waals surface area (Å²) in [4.78, 5) is 28.4. The van der Waals surface area contributed by atoms with Crippen LogP contribution in [0.15, 0.2) is 29.2 Å². The molecule has 0 spiro atoms. The predicted molar refractivity (Wildman–Crippen MR) is 109 cm³/mol. The van der Waals surface area contributed by atoms with Gasteiger partial charge in [-0.25, -0.2) is 13.1 Å². The van der Waals surface area contributed by atoms with Crippen LogP contribution < -0.4 is 9.46 Å². The number of sulfonamides is 1. The van der Waals surface area contributed by atoms with E-state index < -0.39 is 10.0 Å². The average molecular weight is 422 g/mol. The summed E-state index contributed by atoms with van der Waals surface area (Å²) in [7, 11) is -0.952. The molecule has 158 valence electrons. The molecule has 1 heterocycles. The fraction of sp³-hybridized carbons (Fsp3) is 0.500. The maximum Gasteiger partial charge on any atom is 0.246 e. The van der Waals surface area contributed by atoms with Gasteiger partial charge in [-0.1, -0.05) is 12.5 Å². The second kappa shape index (κ2) is 8.96. The van der Waals surface area contributed by atoms with Crippen molar-refractivity contribution in [2.45, 2.75) is 24.2 Å². The van der Waals surface area contributed by atoms with E-state index in [1.54, 1.807) is 23.1 Å². The highest BCUT2D eigenvalue weighted by Crippen LogP contribution is 2.28. The first-order chi connectivity index (χ1) is 13.9. The first-order valence-electron chi connectivity index (χ1n) is 9.73. The zero-order valence-electron chi connectivity index (χ0n) is 16.8. The minimum absolute atomic E-state index is 0.0141. The van der Waals surface area contributed by atoms with Gasteiger partial charge >= 0.3 is 0 Å². The van der Waals surface area contributed by atoms with E-state index >= 15 is 0 Å². The Labute approximate surface area is 171 Å². The summed E-state index contributed by atoms with van der Waals surface area (Å²) in [5, 5.41) is 0. The van der Waals surface area contributed by atoms with E-state index in [0.29, 0.717) is 31.7 Å². The van der Waals surface area contributed by atoms with Crippen molar-refractivity contribution in [1.29, 1.82) is 0 Å². The van der Waals surface area contributed by atoms with E-state index in [-0.39, 0.29) is 28.4 Å². The number of carbonyl (C=O) groups excluding carboxylic acids is 2. The van der Waals surface area contributed by atoms with Crippen molar-refractivity contribution in [3.05, 3.63) is 29.8 Å². The van der Waals surface area contributed by atoms with Gasteiger partial charge in [0.25, 0.3) is 0 Å². The predicted octanol–water partition coefficient (Wildman–Crippen LogP) is 1.09. The number of methoxy groups -OCH3 is 1. The molecule has 0 aromatic heterocycles. The lowest BCUT2D eigenvalue weighted by molar-refractivity contribution is -0.142. The largest absolute Gasteiger partial charge is 0.495 e. The van der Waals surface area contributed by atoms with Crippen molar-refractivity contribution >= 4 is 27.9 Å². The van der Waals surface area contributed by atoms with E-state index in [1.807, 2.05) is 4.90 Å². The van der Waals surface area contributed by atoms with Crippen molar-refractivity contribution in [2.24, 2.45) is 5.92 Å². The Hall–Kier alpha value is -2.39. The van der Waals surface area contributed by atoms with E-state index in [9.17, 15) is 18.0 Å². The minimum Gasteiger partial charge on any atom is -0.495 e. The SMILES string of the molecule is CNS(=O)(=O)c1cc(/C=C/C(=O)N2CCN(C(=O)C3CCC3)CC2)ccc1OC. The Morgan fingerprint density at radius 1 is 1.14 bits per heavy atom. The van der Waals surface area contributed by atoms with Crippen molar-refractivity contribution in [2.75, 3.05) is 40.3 Å². The second-order valence-electron chi connectivity index (χ2n) is 7.23. The highest BCUT2D eigenvalue weighted by molar-refractivity contribution is 7.89. The summed E-state index contributed by atoms with van der Waals surface area (Å²) < 4.78 is 31.7. The monoisotopic (exact) mass is 421 g/mol. The van der Waals surface area contributed by atoms with Gasteiger partial charge in [-0.3, -0.25) is 9.59 Å². The minimum atomic E-state index is -3.68. The molecule has 2 aliphatic rings. The van der Waals surface area contributed by atoms with Crippen LogP contribution in [0, 0.1) is 5.92 Å². The molecule has 3 rings (SSSR count). The standard InChI is InChI=1S/C20H27N3O5S/c1-21-29(26,27)18-14-15(6-8-17(18)28-2)7-9-19(24)22-10-12-23(13-11-22)20(25)16-4-3-5-16/h6-9,14,16,21H,3-5,10-13H2,1-2H3/b9-7+. The fourth-order valence-electron chi connectivity index (χ4n) is 3.45. The normalized spacial score (nSPS) is 18.0. The number of rotatable bonds is 6. The summed E-state index contributed by atoms with van der Waals surface area (Å²) in [6, 6.07) is 4.70. The third-order valence-electron chi connectivity index (χ3n) is 5.52. The highest BCUT2D eigenvalue weighted by Gasteiger charge is 2.31. The van der Waals surface area contributed by atoms with Crippen LogP contribution in [0.1, 0.15) is 24.8 Å². The molecule has 1 saturated carbocycles. The van der Waals surface area contributed by atoms with Crippen LogP contribution >= 0.6 is 0 Å². The summed E-state index contributed by atoms with van der Waals surface area (Å²) >= 11 is 0. The second-order valence-corrected chi connectivity index (χ2v) is 9.08. The molecule has 0 bridgehead atoms. The van der Waals surface area contributed by atoms with Gasteiger partial charge in [0.05, 0.1) is 7.11 Å². The Morgan fingerprint density at radius 2 is 1.79 bits per heavy atom. The van der Waals surface area contributed by atoms with Crippen LogP contribution in [-0.2, 0) is 19.6 Å². The molecule has 1 N–H and O–H groups in total. The zero-order valence-corrected chi connectivity index (χ0v) is 17.6. The number of hydrogen-bond acceptors (Lipinski definition) is 5. The van der Waals surface area contributed by atoms with Gasteiger partial charge < -0.3 is 14.5 Å². The van der Waals surface area contributed by atoms with Gasteiger partial charge in [0.15, 0.2) is 0 Å². The maximum atomic E-state index is 12.5. The van der Waals surface area contributed by atoms with E-state index in [2.05, 4.69) is 4.72 Å². The van der Waals surface area contributed by atoms with Gasteiger partial charge in [-0.15, -0.1) is 0 Å². The lowest BCUT2D eigenvalue weighted by atomic mass is 9.84. The molecule has 2 amide bonds. The number of nitrogens with one attached hydrogen (secondary N) is 1. The molecular weight excluding hydrogens is 394 g/mol. The lowest BCUT2D eigenvalue weighted by Crippen LogP contribution is -2.52. The van der Waals surface area contributed by atoms with Crippen molar-refractivity contribution < 1.29 is 22.7 Å². The molecule has 1 aromatic carbocycles. The van der Waals surface area contributed by atoms with Crippen LogP contribution in [-0.4, -0.2) is 70.4 Å². The zero-order chi connectivity index (χ0) is 21.0. The average Bonchev–Trinajstić information content (AvgIpc) is 2.70. The Balaban J connectivity index is 1.62.